The van der Waals surface area contributed by atoms with E-state index in [2.05, 4.69) is 13.8 Å². The van der Waals surface area contributed by atoms with Gasteiger partial charge < -0.3 is 19.7 Å². The highest BCUT2D eigenvalue weighted by molar-refractivity contribution is 5.88. The summed E-state index contributed by atoms with van der Waals surface area (Å²) in [6, 6.07) is 10.0. The van der Waals surface area contributed by atoms with Gasteiger partial charge in [0.15, 0.2) is 0 Å². The van der Waals surface area contributed by atoms with E-state index in [1.54, 1.807) is 0 Å². The maximum absolute atomic E-state index is 10.2. The quantitative estimate of drug-likeness (QED) is 0.296. The highest BCUT2D eigenvalue weighted by Crippen LogP contribution is 2.30. The topological polar surface area (TPSA) is 58.9 Å². The number of ether oxygens (including phenoxy) is 2. The molecule has 0 radical (unpaired) electrons. The third kappa shape index (κ3) is 9.08. The van der Waals surface area contributed by atoms with Crippen molar-refractivity contribution in [2.45, 2.75) is 97.2 Å². The van der Waals surface area contributed by atoms with Crippen molar-refractivity contribution in [3.05, 3.63) is 35.9 Å². The Morgan fingerprint density at radius 3 is 1.94 bits per heavy atom. The molecular weight excluding hydrogens is 388 g/mol. The maximum Gasteiger partial charge on any atom is 0.122 e. The molecule has 0 aliphatic carbocycles. The van der Waals surface area contributed by atoms with Gasteiger partial charge in [-0.25, -0.2) is 0 Å². The fourth-order valence-corrected chi connectivity index (χ4v) is 3.83. The Labute approximate surface area is 188 Å². The highest BCUT2D eigenvalue weighted by Gasteiger charge is 2.11. The van der Waals surface area contributed by atoms with Gasteiger partial charge in [0.05, 0.1) is 12.2 Å². The standard InChI is InChI=1S/C27H42O4/c1-4-6-8-10-12-23(28)19-30-25-16-14-22-15-17-27(21(3)26(22)18-25)31-20-24(29)13-11-9-7-5-2/h14-18,23-24,28-29H,4-13,19-20H2,1-3H3. The molecule has 0 heterocycles. The molecule has 0 spiro atoms. The average molecular weight is 431 g/mol. The summed E-state index contributed by atoms with van der Waals surface area (Å²) in [5.74, 6) is 1.56. The monoisotopic (exact) mass is 430 g/mol. The van der Waals surface area contributed by atoms with Gasteiger partial charge in [-0.05, 0) is 54.3 Å². The molecule has 0 fully saturated rings. The Balaban J connectivity index is 1.90. The maximum atomic E-state index is 10.2. The van der Waals surface area contributed by atoms with E-state index in [1.807, 2.05) is 37.3 Å². The first-order chi connectivity index (χ1) is 15.0. The van der Waals surface area contributed by atoms with Crippen LogP contribution in [0.15, 0.2) is 30.3 Å². The van der Waals surface area contributed by atoms with Crippen LogP contribution in [0.3, 0.4) is 0 Å². The van der Waals surface area contributed by atoms with Gasteiger partial charge in [0.2, 0.25) is 0 Å². The molecule has 0 bridgehead atoms. The number of benzene rings is 2. The molecule has 2 aromatic carbocycles. The smallest absolute Gasteiger partial charge is 0.122 e. The summed E-state index contributed by atoms with van der Waals surface area (Å²) < 4.78 is 11.8. The Kier molecular flexibility index (Phi) is 11.8. The molecule has 31 heavy (non-hydrogen) atoms. The first-order valence-corrected chi connectivity index (χ1v) is 12.2. The van der Waals surface area contributed by atoms with E-state index in [1.165, 1.54) is 38.5 Å². The van der Waals surface area contributed by atoms with Crippen molar-refractivity contribution in [2.24, 2.45) is 0 Å². The molecule has 4 heteroatoms. The number of fused-ring (bicyclic) bond motifs is 1. The van der Waals surface area contributed by atoms with Crippen molar-refractivity contribution < 1.29 is 19.7 Å². The van der Waals surface area contributed by atoms with Crippen LogP contribution in [0.5, 0.6) is 11.5 Å². The fourth-order valence-electron chi connectivity index (χ4n) is 3.83. The third-order valence-electron chi connectivity index (χ3n) is 5.87. The van der Waals surface area contributed by atoms with Gasteiger partial charge in [-0.2, -0.15) is 0 Å². The van der Waals surface area contributed by atoms with Crippen LogP contribution >= 0.6 is 0 Å². The van der Waals surface area contributed by atoms with E-state index in [0.29, 0.717) is 13.2 Å². The average Bonchev–Trinajstić information content (AvgIpc) is 2.78. The van der Waals surface area contributed by atoms with Crippen molar-refractivity contribution in [1.82, 2.24) is 0 Å². The lowest BCUT2D eigenvalue weighted by Gasteiger charge is -2.16. The third-order valence-corrected chi connectivity index (χ3v) is 5.87. The van der Waals surface area contributed by atoms with Crippen molar-refractivity contribution in [2.75, 3.05) is 13.2 Å². The summed E-state index contributed by atoms with van der Waals surface area (Å²) in [5, 5.41) is 22.6. The van der Waals surface area contributed by atoms with Crippen LogP contribution < -0.4 is 9.47 Å². The second kappa shape index (κ2) is 14.3. The molecule has 2 unspecified atom stereocenters. The number of aliphatic hydroxyl groups is 2. The lowest BCUT2D eigenvalue weighted by molar-refractivity contribution is 0.0972. The van der Waals surface area contributed by atoms with Gasteiger partial charge >= 0.3 is 0 Å². The van der Waals surface area contributed by atoms with Gasteiger partial charge in [0.1, 0.15) is 24.7 Å². The first-order valence-electron chi connectivity index (χ1n) is 12.2. The predicted octanol–water partition coefficient (Wildman–Crippen LogP) is 6.57. The number of rotatable bonds is 16. The Morgan fingerprint density at radius 1 is 0.742 bits per heavy atom. The molecule has 2 rings (SSSR count). The Hall–Kier alpha value is -1.78. The molecule has 0 saturated heterocycles. The SMILES string of the molecule is CCCCCCC(O)COc1ccc2ccc(OCC(O)CCCCCC)c(C)c2c1. The first kappa shape index (κ1) is 25.5. The predicted molar refractivity (Wildman–Crippen MR) is 129 cm³/mol. The number of unbranched alkanes of at least 4 members (excludes halogenated alkanes) is 6. The molecule has 2 atom stereocenters. The van der Waals surface area contributed by atoms with E-state index >= 15 is 0 Å². The van der Waals surface area contributed by atoms with Crippen LogP contribution in [0, 0.1) is 6.92 Å². The highest BCUT2D eigenvalue weighted by atomic mass is 16.5. The summed E-state index contributed by atoms with van der Waals surface area (Å²) in [6.45, 7) is 7.05. The lowest BCUT2D eigenvalue weighted by Crippen LogP contribution is -2.17. The number of aliphatic hydroxyl groups excluding tert-OH is 2. The fraction of sp³-hybridized carbons (Fsp3) is 0.630. The number of hydrogen-bond donors (Lipinski definition) is 2. The van der Waals surface area contributed by atoms with Gasteiger partial charge in [-0.3, -0.25) is 0 Å². The Bertz CT molecular complexity index is 753. The van der Waals surface area contributed by atoms with E-state index in [-0.39, 0.29) is 0 Å². The summed E-state index contributed by atoms with van der Waals surface area (Å²) in [4.78, 5) is 0. The molecule has 0 saturated carbocycles. The van der Waals surface area contributed by atoms with Crippen molar-refractivity contribution in [3.8, 4) is 11.5 Å². The van der Waals surface area contributed by atoms with Gasteiger partial charge in [0, 0.05) is 0 Å². The minimum absolute atomic E-state index is 0.317. The molecule has 0 aromatic heterocycles. The number of aryl methyl sites for hydroxylation is 1. The zero-order valence-electron chi connectivity index (χ0n) is 19.7. The largest absolute Gasteiger partial charge is 0.491 e. The van der Waals surface area contributed by atoms with Crippen molar-refractivity contribution in [3.63, 3.8) is 0 Å². The van der Waals surface area contributed by atoms with Crippen LogP contribution in [-0.2, 0) is 0 Å². The summed E-state index contributed by atoms with van der Waals surface area (Å²) in [7, 11) is 0. The van der Waals surface area contributed by atoms with E-state index in [4.69, 9.17) is 9.47 Å². The number of hydrogen-bond acceptors (Lipinski definition) is 4. The normalized spacial score (nSPS) is 13.3. The van der Waals surface area contributed by atoms with Crippen LogP contribution in [0.1, 0.15) is 83.6 Å². The molecule has 0 aliphatic heterocycles. The zero-order valence-corrected chi connectivity index (χ0v) is 19.7. The molecule has 4 nitrogen and oxygen atoms in total. The van der Waals surface area contributed by atoms with Crippen LogP contribution in [-0.4, -0.2) is 35.6 Å². The van der Waals surface area contributed by atoms with E-state index in [0.717, 1.165) is 53.5 Å². The van der Waals surface area contributed by atoms with Gasteiger partial charge in [0.25, 0.3) is 0 Å². The van der Waals surface area contributed by atoms with Crippen molar-refractivity contribution in [1.29, 1.82) is 0 Å². The minimum atomic E-state index is -0.430. The lowest BCUT2D eigenvalue weighted by atomic mass is 10.0. The molecule has 2 N–H and O–H groups in total. The molecule has 2 aromatic rings. The second-order valence-electron chi connectivity index (χ2n) is 8.70. The van der Waals surface area contributed by atoms with E-state index in [9.17, 15) is 10.2 Å². The molecular formula is C27H42O4. The summed E-state index contributed by atoms with van der Waals surface area (Å²) in [5.41, 5.74) is 1.04. The molecule has 0 aliphatic rings. The van der Waals surface area contributed by atoms with E-state index < -0.39 is 12.2 Å². The van der Waals surface area contributed by atoms with Gasteiger partial charge in [-0.1, -0.05) is 77.3 Å². The second-order valence-corrected chi connectivity index (χ2v) is 8.70. The summed E-state index contributed by atoms with van der Waals surface area (Å²) in [6.07, 6.45) is 9.96. The molecule has 174 valence electrons. The molecule has 0 amide bonds. The Morgan fingerprint density at radius 2 is 1.32 bits per heavy atom. The van der Waals surface area contributed by atoms with Crippen LogP contribution in [0.4, 0.5) is 0 Å². The van der Waals surface area contributed by atoms with Crippen molar-refractivity contribution >= 4 is 10.8 Å². The minimum Gasteiger partial charge on any atom is -0.491 e. The van der Waals surface area contributed by atoms with Gasteiger partial charge in [-0.15, -0.1) is 0 Å². The summed E-state index contributed by atoms with van der Waals surface area (Å²) >= 11 is 0. The zero-order chi connectivity index (χ0) is 22.5. The van der Waals surface area contributed by atoms with Crippen LogP contribution in [0.2, 0.25) is 0 Å². The van der Waals surface area contributed by atoms with Crippen LogP contribution in [0.25, 0.3) is 10.8 Å².